The van der Waals surface area contributed by atoms with E-state index in [1.807, 2.05) is 32.9 Å². The average molecular weight is 263 g/mol. The van der Waals surface area contributed by atoms with Crippen molar-refractivity contribution in [2.45, 2.75) is 33.6 Å². The number of carbonyl (C=O) groups excluding carboxylic acids is 1. The first kappa shape index (κ1) is 15.2. The molecule has 0 saturated carbocycles. The fraction of sp³-hybridized carbons (Fsp3) is 0.467. The van der Waals surface area contributed by atoms with Gasteiger partial charge in [-0.1, -0.05) is 19.1 Å². The summed E-state index contributed by atoms with van der Waals surface area (Å²) in [5.41, 5.74) is 2.76. The number of carbonyl (C=O) groups is 2. The van der Waals surface area contributed by atoms with Gasteiger partial charge in [0.05, 0.1) is 0 Å². The lowest BCUT2D eigenvalue weighted by Crippen LogP contribution is -2.29. The number of aryl methyl sites for hydroxylation is 1. The summed E-state index contributed by atoms with van der Waals surface area (Å²) < 4.78 is 0. The molecular weight excluding hydrogens is 242 g/mol. The number of hydrogen-bond donors (Lipinski definition) is 2. The summed E-state index contributed by atoms with van der Waals surface area (Å²) in [6.07, 6.45) is 0.711. The van der Waals surface area contributed by atoms with Crippen LogP contribution in [0.3, 0.4) is 0 Å². The Bertz CT molecular complexity index is 468. The van der Waals surface area contributed by atoms with Crippen molar-refractivity contribution >= 4 is 11.9 Å². The van der Waals surface area contributed by atoms with Gasteiger partial charge >= 0.3 is 5.97 Å². The van der Waals surface area contributed by atoms with Crippen molar-refractivity contribution in [2.24, 2.45) is 5.92 Å². The van der Waals surface area contributed by atoms with E-state index >= 15 is 0 Å². The van der Waals surface area contributed by atoms with Crippen LogP contribution in [0, 0.1) is 19.8 Å². The third-order valence-corrected chi connectivity index (χ3v) is 3.31. The number of nitrogens with one attached hydrogen (secondary N) is 1. The Hall–Kier alpha value is -1.84. The van der Waals surface area contributed by atoms with E-state index in [0.29, 0.717) is 18.5 Å². The molecule has 1 atom stereocenters. The number of rotatable bonds is 6. The minimum Gasteiger partial charge on any atom is -0.481 e. The summed E-state index contributed by atoms with van der Waals surface area (Å²) in [6.45, 7) is 6.34. The maximum absolute atomic E-state index is 12.0. The highest BCUT2D eigenvalue weighted by Gasteiger charge is 2.11. The molecule has 0 heterocycles. The molecule has 4 heteroatoms. The number of benzene rings is 1. The van der Waals surface area contributed by atoms with Crippen LogP contribution in [0.4, 0.5) is 0 Å². The largest absolute Gasteiger partial charge is 0.481 e. The Balaban J connectivity index is 2.51. The van der Waals surface area contributed by atoms with E-state index in [0.717, 1.165) is 11.1 Å². The first-order valence-corrected chi connectivity index (χ1v) is 6.48. The van der Waals surface area contributed by atoms with Gasteiger partial charge in [0.2, 0.25) is 0 Å². The van der Waals surface area contributed by atoms with E-state index in [1.165, 1.54) is 0 Å². The standard InChI is InChI=1S/C15H21NO3/c1-10(7-8-14(17)18)9-16-15(19)13-6-4-5-11(2)12(13)3/h4-6,10H,7-9H2,1-3H3,(H,16,19)(H,17,18). The number of amides is 1. The predicted octanol–water partition coefficient (Wildman–Crippen LogP) is 2.53. The highest BCUT2D eigenvalue weighted by molar-refractivity contribution is 5.95. The van der Waals surface area contributed by atoms with Gasteiger partial charge in [-0.25, -0.2) is 0 Å². The summed E-state index contributed by atoms with van der Waals surface area (Å²) in [5, 5.41) is 11.5. The lowest BCUT2D eigenvalue weighted by molar-refractivity contribution is -0.137. The predicted molar refractivity (Wildman–Crippen MR) is 74.3 cm³/mol. The van der Waals surface area contributed by atoms with Crippen LogP contribution < -0.4 is 5.32 Å². The highest BCUT2D eigenvalue weighted by Crippen LogP contribution is 2.12. The van der Waals surface area contributed by atoms with Crippen LogP contribution >= 0.6 is 0 Å². The van der Waals surface area contributed by atoms with E-state index in [-0.39, 0.29) is 18.2 Å². The van der Waals surface area contributed by atoms with Crippen LogP contribution in [-0.4, -0.2) is 23.5 Å². The molecule has 1 aromatic carbocycles. The van der Waals surface area contributed by atoms with Crippen molar-refractivity contribution in [3.8, 4) is 0 Å². The molecule has 2 N–H and O–H groups in total. The summed E-state index contributed by atoms with van der Waals surface area (Å²) in [4.78, 5) is 22.5. The molecule has 104 valence electrons. The fourth-order valence-corrected chi connectivity index (χ4v) is 1.83. The lowest BCUT2D eigenvalue weighted by Gasteiger charge is -2.13. The molecule has 19 heavy (non-hydrogen) atoms. The molecule has 0 radical (unpaired) electrons. The first-order valence-electron chi connectivity index (χ1n) is 6.48. The number of carboxylic acid groups (broad SMARTS) is 1. The normalized spacial score (nSPS) is 11.9. The second kappa shape index (κ2) is 6.92. The van der Waals surface area contributed by atoms with Crippen molar-refractivity contribution in [1.82, 2.24) is 5.32 Å². The second-order valence-corrected chi connectivity index (χ2v) is 5.00. The molecule has 0 fully saturated rings. The van der Waals surface area contributed by atoms with Crippen molar-refractivity contribution in [2.75, 3.05) is 6.54 Å². The number of hydrogen-bond acceptors (Lipinski definition) is 2. The zero-order valence-electron chi connectivity index (χ0n) is 11.7. The maximum Gasteiger partial charge on any atom is 0.303 e. The number of aliphatic carboxylic acids is 1. The van der Waals surface area contributed by atoms with E-state index in [2.05, 4.69) is 5.32 Å². The maximum atomic E-state index is 12.0. The van der Waals surface area contributed by atoms with Crippen LogP contribution in [0.1, 0.15) is 41.3 Å². The molecule has 0 bridgehead atoms. The van der Waals surface area contributed by atoms with Crippen LogP contribution in [0.25, 0.3) is 0 Å². The van der Waals surface area contributed by atoms with Gasteiger partial charge in [-0.3, -0.25) is 9.59 Å². The van der Waals surface area contributed by atoms with Crippen LogP contribution in [0.2, 0.25) is 0 Å². The van der Waals surface area contributed by atoms with Gasteiger partial charge in [-0.05, 0) is 43.4 Å². The molecule has 0 aliphatic rings. The Morgan fingerprint density at radius 1 is 1.32 bits per heavy atom. The first-order chi connectivity index (χ1) is 8.91. The Morgan fingerprint density at radius 3 is 2.63 bits per heavy atom. The molecule has 0 aromatic heterocycles. The monoisotopic (exact) mass is 263 g/mol. The van der Waals surface area contributed by atoms with E-state index in [9.17, 15) is 9.59 Å². The van der Waals surface area contributed by atoms with Crippen molar-refractivity contribution in [1.29, 1.82) is 0 Å². The quantitative estimate of drug-likeness (QED) is 0.828. The summed E-state index contributed by atoms with van der Waals surface area (Å²) >= 11 is 0. The van der Waals surface area contributed by atoms with E-state index < -0.39 is 5.97 Å². The summed E-state index contributed by atoms with van der Waals surface area (Å²) in [5.74, 6) is -0.735. The van der Waals surface area contributed by atoms with Gasteiger partial charge in [0.15, 0.2) is 0 Å². The summed E-state index contributed by atoms with van der Waals surface area (Å²) in [6, 6.07) is 5.65. The molecule has 1 amide bonds. The van der Waals surface area contributed by atoms with Gasteiger partial charge in [-0.2, -0.15) is 0 Å². The van der Waals surface area contributed by atoms with Gasteiger partial charge in [0.25, 0.3) is 5.91 Å². The minimum atomic E-state index is -0.798. The van der Waals surface area contributed by atoms with E-state index in [4.69, 9.17) is 5.11 Å². The van der Waals surface area contributed by atoms with Gasteiger partial charge in [0, 0.05) is 18.5 Å². The zero-order chi connectivity index (χ0) is 14.4. The molecular formula is C15H21NO3. The number of carboxylic acids is 1. The lowest BCUT2D eigenvalue weighted by atomic mass is 10.0. The fourth-order valence-electron chi connectivity index (χ4n) is 1.83. The average Bonchev–Trinajstić information content (AvgIpc) is 2.36. The van der Waals surface area contributed by atoms with Crippen molar-refractivity contribution in [3.05, 3.63) is 34.9 Å². The van der Waals surface area contributed by atoms with E-state index in [1.54, 1.807) is 6.07 Å². The molecule has 4 nitrogen and oxygen atoms in total. The Morgan fingerprint density at radius 2 is 2.00 bits per heavy atom. The molecule has 1 rings (SSSR count). The SMILES string of the molecule is Cc1cccc(C(=O)NCC(C)CCC(=O)O)c1C. The van der Waals surface area contributed by atoms with Gasteiger partial charge in [0.1, 0.15) is 0 Å². The topological polar surface area (TPSA) is 66.4 Å². The minimum absolute atomic E-state index is 0.0941. The van der Waals surface area contributed by atoms with Crippen LogP contribution in [0.5, 0.6) is 0 Å². The molecule has 0 saturated heterocycles. The Labute approximate surface area is 113 Å². The molecule has 0 aliphatic heterocycles. The third-order valence-electron chi connectivity index (χ3n) is 3.31. The summed E-state index contributed by atoms with van der Waals surface area (Å²) in [7, 11) is 0. The smallest absolute Gasteiger partial charge is 0.303 e. The molecule has 1 aromatic rings. The van der Waals surface area contributed by atoms with Crippen molar-refractivity contribution < 1.29 is 14.7 Å². The Kier molecular flexibility index (Phi) is 5.55. The van der Waals surface area contributed by atoms with Crippen LogP contribution in [0.15, 0.2) is 18.2 Å². The highest BCUT2D eigenvalue weighted by atomic mass is 16.4. The second-order valence-electron chi connectivity index (χ2n) is 5.00. The molecule has 1 unspecified atom stereocenters. The van der Waals surface area contributed by atoms with Crippen LogP contribution in [-0.2, 0) is 4.79 Å². The molecule has 0 aliphatic carbocycles. The van der Waals surface area contributed by atoms with Crippen molar-refractivity contribution in [3.63, 3.8) is 0 Å². The zero-order valence-corrected chi connectivity index (χ0v) is 11.7. The molecule has 0 spiro atoms. The third kappa shape index (κ3) is 4.73. The van der Waals surface area contributed by atoms with Gasteiger partial charge in [-0.15, -0.1) is 0 Å². The van der Waals surface area contributed by atoms with Gasteiger partial charge < -0.3 is 10.4 Å².